The fourth-order valence-electron chi connectivity index (χ4n) is 1.24. The molecule has 0 saturated carbocycles. The van der Waals surface area contributed by atoms with Crippen LogP contribution in [0.1, 0.15) is 5.56 Å². The third-order valence-corrected chi connectivity index (χ3v) is 2.74. The minimum atomic E-state index is 0.330. The first kappa shape index (κ1) is 12.1. The largest absolute Gasteiger partial charge is 0.439 e. The lowest BCUT2D eigenvalue weighted by Gasteiger charge is -2.08. The van der Waals surface area contributed by atoms with Crippen LogP contribution >= 0.6 is 22.6 Å². The lowest BCUT2D eigenvalue weighted by atomic mass is 10.3. The summed E-state index contributed by atoms with van der Waals surface area (Å²) in [6.07, 6.45) is 1.66. The number of hydrazine groups is 1. The molecule has 0 aliphatic heterocycles. The van der Waals surface area contributed by atoms with Gasteiger partial charge in [-0.15, -0.1) is 0 Å². The number of aryl methyl sites for hydroxylation is 1. The van der Waals surface area contributed by atoms with Crippen molar-refractivity contribution in [1.82, 2.24) is 9.97 Å². The number of benzene rings is 1. The number of anilines is 1. The van der Waals surface area contributed by atoms with Gasteiger partial charge in [-0.25, -0.2) is 10.8 Å². The van der Waals surface area contributed by atoms with E-state index in [2.05, 4.69) is 38.0 Å². The Morgan fingerprint density at radius 3 is 2.94 bits per heavy atom. The van der Waals surface area contributed by atoms with Crippen molar-refractivity contribution in [1.29, 1.82) is 0 Å². The van der Waals surface area contributed by atoms with Crippen molar-refractivity contribution in [3.8, 4) is 11.6 Å². The van der Waals surface area contributed by atoms with Crippen molar-refractivity contribution in [3.05, 3.63) is 39.6 Å². The molecule has 0 atom stereocenters. The number of nitrogen functional groups attached to an aromatic ring is 1. The molecule has 6 heteroatoms. The van der Waals surface area contributed by atoms with Gasteiger partial charge in [-0.2, -0.15) is 4.98 Å². The highest BCUT2D eigenvalue weighted by Crippen LogP contribution is 2.24. The maximum atomic E-state index is 5.68. The van der Waals surface area contributed by atoms with E-state index in [0.717, 1.165) is 14.9 Å². The van der Waals surface area contributed by atoms with Crippen LogP contribution in [0.25, 0.3) is 0 Å². The van der Waals surface area contributed by atoms with Crippen LogP contribution in [0, 0.1) is 10.5 Å². The van der Waals surface area contributed by atoms with Crippen molar-refractivity contribution in [3.63, 3.8) is 0 Å². The quantitative estimate of drug-likeness (QED) is 0.509. The number of ether oxygens (including phenoxy) is 1. The summed E-state index contributed by atoms with van der Waals surface area (Å²) in [5, 5.41) is 0. The first-order chi connectivity index (χ1) is 8.19. The third-order valence-electron chi connectivity index (χ3n) is 2.06. The van der Waals surface area contributed by atoms with Gasteiger partial charge < -0.3 is 4.74 Å². The van der Waals surface area contributed by atoms with Crippen LogP contribution in [0.15, 0.2) is 30.5 Å². The summed E-state index contributed by atoms with van der Waals surface area (Å²) in [6, 6.07) is 7.72. The molecule has 2 rings (SSSR count). The van der Waals surface area contributed by atoms with Crippen molar-refractivity contribution in [2.24, 2.45) is 5.84 Å². The standard InChI is InChI=1S/C11H11IN4O/c1-7-6-14-11(16-13)15-10(7)17-9-4-2-3-8(12)5-9/h2-6H,13H2,1H3,(H,14,15,16). The summed E-state index contributed by atoms with van der Waals surface area (Å²) in [4.78, 5) is 8.13. The van der Waals surface area contributed by atoms with Crippen LogP contribution in [0.5, 0.6) is 11.6 Å². The second-order valence-corrected chi connectivity index (χ2v) is 4.63. The molecule has 1 aromatic carbocycles. The van der Waals surface area contributed by atoms with E-state index in [-0.39, 0.29) is 0 Å². The normalized spacial score (nSPS) is 10.1. The van der Waals surface area contributed by atoms with Crippen LogP contribution in [-0.2, 0) is 0 Å². The molecule has 0 amide bonds. The van der Waals surface area contributed by atoms with E-state index in [0.29, 0.717) is 11.8 Å². The van der Waals surface area contributed by atoms with E-state index in [1.54, 1.807) is 6.20 Å². The van der Waals surface area contributed by atoms with Gasteiger partial charge in [-0.05, 0) is 47.7 Å². The molecule has 2 aromatic rings. The predicted octanol–water partition coefficient (Wildman–Crippen LogP) is 2.47. The molecule has 0 radical (unpaired) electrons. The fourth-order valence-corrected chi connectivity index (χ4v) is 1.76. The molecule has 0 aliphatic rings. The Labute approximate surface area is 113 Å². The first-order valence-corrected chi connectivity index (χ1v) is 6.00. The molecule has 0 unspecified atom stereocenters. The smallest absolute Gasteiger partial charge is 0.240 e. The molecule has 0 spiro atoms. The van der Waals surface area contributed by atoms with Gasteiger partial charge in [0, 0.05) is 15.3 Å². The number of hydrogen-bond donors (Lipinski definition) is 2. The molecule has 0 bridgehead atoms. The highest BCUT2D eigenvalue weighted by atomic mass is 127. The average Bonchev–Trinajstić information content (AvgIpc) is 2.32. The maximum absolute atomic E-state index is 5.68. The lowest BCUT2D eigenvalue weighted by molar-refractivity contribution is 0.458. The van der Waals surface area contributed by atoms with Gasteiger partial charge in [0.05, 0.1) is 0 Å². The first-order valence-electron chi connectivity index (χ1n) is 4.92. The molecule has 1 aromatic heterocycles. The Morgan fingerprint density at radius 2 is 2.24 bits per heavy atom. The van der Waals surface area contributed by atoms with Gasteiger partial charge in [-0.3, -0.25) is 5.43 Å². The minimum Gasteiger partial charge on any atom is -0.439 e. The van der Waals surface area contributed by atoms with Gasteiger partial charge in [0.2, 0.25) is 11.8 Å². The molecular weight excluding hydrogens is 331 g/mol. The van der Waals surface area contributed by atoms with E-state index in [4.69, 9.17) is 10.6 Å². The number of aromatic nitrogens is 2. The van der Waals surface area contributed by atoms with Crippen LogP contribution in [0.3, 0.4) is 0 Å². The Bertz CT molecular complexity index is 533. The van der Waals surface area contributed by atoms with Crippen molar-refractivity contribution < 1.29 is 4.74 Å². The number of hydrogen-bond acceptors (Lipinski definition) is 5. The highest BCUT2D eigenvalue weighted by molar-refractivity contribution is 14.1. The third kappa shape index (κ3) is 3.04. The second kappa shape index (κ2) is 5.28. The molecule has 17 heavy (non-hydrogen) atoms. The molecule has 0 aliphatic carbocycles. The molecular formula is C11H11IN4O. The molecule has 5 nitrogen and oxygen atoms in total. The number of rotatable bonds is 3. The van der Waals surface area contributed by atoms with Gasteiger partial charge >= 0.3 is 0 Å². The topological polar surface area (TPSA) is 73.1 Å². The predicted molar refractivity (Wildman–Crippen MR) is 73.8 cm³/mol. The number of nitrogens with two attached hydrogens (primary N) is 1. The Morgan fingerprint density at radius 1 is 1.41 bits per heavy atom. The average molecular weight is 342 g/mol. The van der Waals surface area contributed by atoms with Crippen molar-refractivity contribution >= 4 is 28.5 Å². The summed E-state index contributed by atoms with van der Waals surface area (Å²) >= 11 is 2.23. The molecule has 1 heterocycles. The van der Waals surface area contributed by atoms with E-state index < -0.39 is 0 Å². The SMILES string of the molecule is Cc1cnc(NN)nc1Oc1cccc(I)c1. The van der Waals surface area contributed by atoms with Crippen LogP contribution in [0.4, 0.5) is 5.95 Å². The fraction of sp³-hybridized carbons (Fsp3) is 0.0909. The Hall–Kier alpha value is -1.41. The van der Waals surface area contributed by atoms with Gasteiger partial charge in [0.15, 0.2) is 0 Å². The zero-order chi connectivity index (χ0) is 12.3. The number of nitrogens with one attached hydrogen (secondary N) is 1. The minimum absolute atomic E-state index is 0.330. The van der Waals surface area contributed by atoms with Gasteiger partial charge in [0.25, 0.3) is 0 Å². The van der Waals surface area contributed by atoms with Crippen LogP contribution in [0.2, 0.25) is 0 Å². The zero-order valence-electron chi connectivity index (χ0n) is 9.14. The number of halogens is 1. The second-order valence-electron chi connectivity index (χ2n) is 3.39. The zero-order valence-corrected chi connectivity index (χ0v) is 11.3. The Kier molecular flexibility index (Phi) is 3.75. The van der Waals surface area contributed by atoms with Gasteiger partial charge in [-0.1, -0.05) is 6.07 Å². The van der Waals surface area contributed by atoms with Crippen LogP contribution in [-0.4, -0.2) is 9.97 Å². The maximum Gasteiger partial charge on any atom is 0.240 e. The highest BCUT2D eigenvalue weighted by Gasteiger charge is 2.05. The molecule has 3 N–H and O–H groups in total. The summed E-state index contributed by atoms with van der Waals surface area (Å²) in [5.74, 6) is 6.82. The Balaban J connectivity index is 2.29. The van der Waals surface area contributed by atoms with Gasteiger partial charge in [0.1, 0.15) is 5.75 Å². The van der Waals surface area contributed by atoms with E-state index >= 15 is 0 Å². The summed E-state index contributed by atoms with van der Waals surface area (Å²) in [5.41, 5.74) is 3.24. The molecule has 0 saturated heterocycles. The van der Waals surface area contributed by atoms with E-state index in [9.17, 15) is 0 Å². The monoisotopic (exact) mass is 342 g/mol. The molecule has 0 fully saturated rings. The summed E-state index contributed by atoms with van der Waals surface area (Å²) in [7, 11) is 0. The summed E-state index contributed by atoms with van der Waals surface area (Å²) < 4.78 is 6.78. The lowest BCUT2D eigenvalue weighted by Crippen LogP contribution is -2.11. The van der Waals surface area contributed by atoms with Crippen molar-refractivity contribution in [2.45, 2.75) is 6.92 Å². The number of nitrogens with zero attached hydrogens (tertiary/aromatic N) is 2. The van der Waals surface area contributed by atoms with Crippen LogP contribution < -0.4 is 16.0 Å². The van der Waals surface area contributed by atoms with E-state index in [1.165, 1.54) is 0 Å². The molecule has 88 valence electrons. The van der Waals surface area contributed by atoms with E-state index in [1.807, 2.05) is 31.2 Å². The summed E-state index contributed by atoms with van der Waals surface area (Å²) in [6.45, 7) is 1.88. The van der Waals surface area contributed by atoms with Crippen molar-refractivity contribution in [2.75, 3.05) is 5.43 Å².